The van der Waals surface area contributed by atoms with E-state index in [9.17, 15) is 0 Å². The molecule has 2 aliphatic rings. The summed E-state index contributed by atoms with van der Waals surface area (Å²) in [6.07, 6.45) is 9.93. The van der Waals surface area contributed by atoms with Crippen LogP contribution in [-0.2, 0) is 0 Å². The third kappa shape index (κ3) is 4.22. The van der Waals surface area contributed by atoms with E-state index in [1.165, 1.54) is 51.5 Å². The summed E-state index contributed by atoms with van der Waals surface area (Å²) in [5.74, 6) is 0.776. The van der Waals surface area contributed by atoms with Crippen LogP contribution >= 0.6 is 0 Å². The molecule has 0 aromatic heterocycles. The molecule has 2 saturated carbocycles. The Balaban J connectivity index is 2.18. The van der Waals surface area contributed by atoms with Crippen molar-refractivity contribution in [1.82, 2.24) is 10.2 Å². The lowest BCUT2D eigenvalue weighted by Gasteiger charge is -2.51. The van der Waals surface area contributed by atoms with Gasteiger partial charge in [0.15, 0.2) is 0 Å². The zero-order valence-corrected chi connectivity index (χ0v) is 15.1. The highest BCUT2D eigenvalue weighted by Gasteiger charge is 2.43. The van der Waals surface area contributed by atoms with Crippen LogP contribution in [0.25, 0.3) is 0 Å². The van der Waals surface area contributed by atoms with Crippen LogP contribution in [0.4, 0.5) is 0 Å². The van der Waals surface area contributed by atoms with E-state index >= 15 is 0 Å². The van der Waals surface area contributed by atoms with Crippen molar-refractivity contribution in [3.8, 4) is 0 Å². The smallest absolute Gasteiger partial charge is 0.0274 e. The van der Waals surface area contributed by atoms with Gasteiger partial charge in [0.2, 0.25) is 0 Å². The summed E-state index contributed by atoms with van der Waals surface area (Å²) in [6.45, 7) is 14.4. The van der Waals surface area contributed by atoms with Gasteiger partial charge in [-0.15, -0.1) is 0 Å². The van der Waals surface area contributed by atoms with Gasteiger partial charge < -0.3 is 5.32 Å². The molecule has 124 valence electrons. The molecular weight excluding hydrogens is 256 g/mol. The Kier molecular flexibility index (Phi) is 6.14. The predicted octanol–water partition coefficient (Wildman–Crippen LogP) is 4.44. The Morgan fingerprint density at radius 3 is 2.33 bits per heavy atom. The quantitative estimate of drug-likeness (QED) is 0.779. The molecule has 2 heteroatoms. The van der Waals surface area contributed by atoms with Crippen molar-refractivity contribution < 1.29 is 0 Å². The summed E-state index contributed by atoms with van der Waals surface area (Å²) in [5, 5.41) is 3.86. The summed E-state index contributed by atoms with van der Waals surface area (Å²) >= 11 is 0. The molecule has 2 fully saturated rings. The van der Waals surface area contributed by atoms with Crippen molar-refractivity contribution in [3.63, 3.8) is 0 Å². The Hall–Kier alpha value is -0.0800. The molecule has 0 aromatic rings. The minimum absolute atomic E-state index is 0.437. The fourth-order valence-corrected chi connectivity index (χ4v) is 4.81. The highest BCUT2D eigenvalue weighted by Crippen LogP contribution is 2.40. The Bertz CT molecular complexity index is 305. The standard InChI is InChI=1S/C19H38N2/c1-6-20-18-17(12-9-13-19(18,4)5)21(14-15(2)3)16-10-7-8-11-16/h15-18,20H,6-14H2,1-5H3. The van der Waals surface area contributed by atoms with Crippen LogP contribution in [0.5, 0.6) is 0 Å². The van der Waals surface area contributed by atoms with Crippen LogP contribution in [0.15, 0.2) is 0 Å². The highest BCUT2D eigenvalue weighted by molar-refractivity contribution is 5.00. The zero-order valence-electron chi connectivity index (χ0n) is 15.1. The zero-order chi connectivity index (χ0) is 15.5. The molecule has 0 spiro atoms. The summed E-state index contributed by atoms with van der Waals surface area (Å²) in [6, 6.07) is 2.27. The summed E-state index contributed by atoms with van der Waals surface area (Å²) in [5.41, 5.74) is 0.437. The average Bonchev–Trinajstić information content (AvgIpc) is 2.92. The van der Waals surface area contributed by atoms with Gasteiger partial charge in [-0.3, -0.25) is 4.90 Å². The minimum Gasteiger partial charge on any atom is -0.312 e. The van der Waals surface area contributed by atoms with Crippen molar-refractivity contribution in [2.24, 2.45) is 11.3 Å². The van der Waals surface area contributed by atoms with Crippen molar-refractivity contribution in [3.05, 3.63) is 0 Å². The lowest BCUT2D eigenvalue weighted by molar-refractivity contribution is 0.0177. The third-order valence-electron chi connectivity index (χ3n) is 5.77. The molecule has 0 amide bonds. The maximum Gasteiger partial charge on any atom is 0.0274 e. The SMILES string of the molecule is CCNC1C(N(CC(C)C)C2CCCC2)CCCC1(C)C. The molecule has 0 aromatic carbocycles. The van der Waals surface area contributed by atoms with Gasteiger partial charge >= 0.3 is 0 Å². The Labute approximate surface area is 133 Å². The molecule has 2 unspecified atom stereocenters. The van der Waals surface area contributed by atoms with Gasteiger partial charge in [0.25, 0.3) is 0 Å². The summed E-state index contributed by atoms with van der Waals surface area (Å²) in [7, 11) is 0. The van der Waals surface area contributed by atoms with Crippen LogP contribution < -0.4 is 5.32 Å². The molecule has 0 saturated heterocycles. The lowest BCUT2D eigenvalue weighted by Crippen LogP contribution is -2.61. The molecular formula is C19H38N2. The van der Waals surface area contributed by atoms with Gasteiger partial charge in [-0.05, 0) is 43.6 Å². The lowest BCUT2D eigenvalue weighted by atomic mass is 9.70. The van der Waals surface area contributed by atoms with Crippen molar-refractivity contribution in [2.45, 2.75) is 97.7 Å². The normalized spacial score (nSPS) is 30.4. The first-order valence-corrected chi connectivity index (χ1v) is 9.45. The molecule has 0 heterocycles. The molecule has 2 atom stereocenters. The second-order valence-corrected chi connectivity index (χ2v) is 8.51. The number of nitrogens with zero attached hydrogens (tertiary/aromatic N) is 1. The second kappa shape index (κ2) is 7.46. The molecule has 0 bridgehead atoms. The first kappa shape index (κ1) is 17.3. The Morgan fingerprint density at radius 1 is 1.10 bits per heavy atom. The fraction of sp³-hybridized carbons (Fsp3) is 1.00. The van der Waals surface area contributed by atoms with Crippen LogP contribution in [0.2, 0.25) is 0 Å². The topological polar surface area (TPSA) is 15.3 Å². The summed E-state index contributed by atoms with van der Waals surface area (Å²) < 4.78 is 0. The van der Waals surface area contributed by atoms with E-state index in [0.717, 1.165) is 24.5 Å². The van der Waals surface area contributed by atoms with Crippen molar-refractivity contribution in [2.75, 3.05) is 13.1 Å². The van der Waals surface area contributed by atoms with Gasteiger partial charge in [0, 0.05) is 24.7 Å². The number of hydrogen-bond acceptors (Lipinski definition) is 2. The summed E-state index contributed by atoms with van der Waals surface area (Å²) in [4.78, 5) is 2.92. The first-order chi connectivity index (χ1) is 9.95. The van der Waals surface area contributed by atoms with Gasteiger partial charge in [-0.2, -0.15) is 0 Å². The highest BCUT2D eigenvalue weighted by atomic mass is 15.2. The minimum atomic E-state index is 0.437. The van der Waals surface area contributed by atoms with Gasteiger partial charge in [0.1, 0.15) is 0 Å². The van der Waals surface area contributed by atoms with Crippen LogP contribution in [0, 0.1) is 11.3 Å². The van der Waals surface area contributed by atoms with Gasteiger partial charge in [-0.1, -0.05) is 53.9 Å². The third-order valence-corrected chi connectivity index (χ3v) is 5.77. The molecule has 21 heavy (non-hydrogen) atoms. The van der Waals surface area contributed by atoms with E-state index in [0.29, 0.717) is 11.5 Å². The monoisotopic (exact) mass is 294 g/mol. The molecule has 2 nitrogen and oxygen atoms in total. The maximum absolute atomic E-state index is 3.86. The number of nitrogens with one attached hydrogen (secondary N) is 1. The van der Waals surface area contributed by atoms with Crippen LogP contribution in [0.3, 0.4) is 0 Å². The van der Waals surface area contributed by atoms with E-state index in [4.69, 9.17) is 0 Å². The van der Waals surface area contributed by atoms with E-state index in [1.807, 2.05) is 0 Å². The molecule has 2 aliphatic carbocycles. The Morgan fingerprint density at radius 2 is 1.76 bits per heavy atom. The molecule has 1 N–H and O–H groups in total. The first-order valence-electron chi connectivity index (χ1n) is 9.45. The fourth-order valence-electron chi connectivity index (χ4n) is 4.81. The average molecular weight is 295 g/mol. The van der Waals surface area contributed by atoms with Crippen LogP contribution in [-0.4, -0.2) is 36.1 Å². The largest absolute Gasteiger partial charge is 0.312 e. The number of hydrogen-bond donors (Lipinski definition) is 1. The van der Waals surface area contributed by atoms with E-state index in [-0.39, 0.29) is 0 Å². The maximum atomic E-state index is 3.86. The number of rotatable bonds is 6. The van der Waals surface area contributed by atoms with Crippen molar-refractivity contribution in [1.29, 1.82) is 0 Å². The van der Waals surface area contributed by atoms with E-state index in [1.54, 1.807) is 0 Å². The number of likely N-dealkylation sites (N-methyl/N-ethyl adjacent to an activating group) is 1. The van der Waals surface area contributed by atoms with E-state index < -0.39 is 0 Å². The second-order valence-electron chi connectivity index (χ2n) is 8.51. The van der Waals surface area contributed by atoms with Gasteiger partial charge in [-0.25, -0.2) is 0 Å². The van der Waals surface area contributed by atoms with Crippen LogP contribution in [0.1, 0.15) is 79.6 Å². The van der Waals surface area contributed by atoms with Gasteiger partial charge in [0.05, 0.1) is 0 Å². The predicted molar refractivity (Wildman–Crippen MR) is 92.7 cm³/mol. The molecule has 0 radical (unpaired) electrons. The molecule has 2 rings (SSSR count). The van der Waals surface area contributed by atoms with Crippen molar-refractivity contribution >= 4 is 0 Å². The van der Waals surface area contributed by atoms with E-state index in [2.05, 4.69) is 44.8 Å². The molecule has 0 aliphatic heterocycles.